The summed E-state index contributed by atoms with van der Waals surface area (Å²) in [6.07, 6.45) is 0.435. The minimum atomic E-state index is 0.0787. The summed E-state index contributed by atoms with van der Waals surface area (Å²) in [5.41, 5.74) is 0. The third-order valence-electron chi connectivity index (χ3n) is 2.22. The molecule has 1 aliphatic rings. The van der Waals surface area contributed by atoms with Gasteiger partial charge in [0.05, 0.1) is 12.2 Å². The molecule has 0 aromatic heterocycles. The number of ether oxygens (including phenoxy) is 3. The summed E-state index contributed by atoms with van der Waals surface area (Å²) in [6.45, 7) is 4.01. The first-order valence-corrected chi connectivity index (χ1v) is 3.91. The van der Waals surface area contributed by atoms with Crippen molar-refractivity contribution in [3.05, 3.63) is 0 Å². The van der Waals surface area contributed by atoms with Crippen LogP contribution in [0.4, 0.5) is 0 Å². The van der Waals surface area contributed by atoms with Gasteiger partial charge in [0.2, 0.25) is 0 Å². The van der Waals surface area contributed by atoms with E-state index in [1.54, 1.807) is 14.2 Å². The molecule has 3 unspecified atom stereocenters. The van der Waals surface area contributed by atoms with Crippen LogP contribution in [0, 0.1) is 0 Å². The zero-order chi connectivity index (χ0) is 8.43. The summed E-state index contributed by atoms with van der Waals surface area (Å²) >= 11 is 0. The second kappa shape index (κ2) is 3.52. The molecule has 0 amide bonds. The molecule has 1 fully saturated rings. The Hall–Kier alpha value is -0.120. The summed E-state index contributed by atoms with van der Waals surface area (Å²) < 4.78 is 16.0. The molecule has 1 rings (SSSR count). The number of hydrogen-bond donors (Lipinski definition) is 0. The van der Waals surface area contributed by atoms with Crippen LogP contribution in [0.25, 0.3) is 0 Å². The Morgan fingerprint density at radius 2 is 1.27 bits per heavy atom. The third kappa shape index (κ3) is 1.55. The van der Waals surface area contributed by atoms with Crippen molar-refractivity contribution in [2.75, 3.05) is 14.2 Å². The van der Waals surface area contributed by atoms with E-state index in [9.17, 15) is 0 Å². The van der Waals surface area contributed by atoms with E-state index in [1.807, 2.05) is 13.8 Å². The van der Waals surface area contributed by atoms with Crippen LogP contribution in [-0.2, 0) is 14.2 Å². The lowest BCUT2D eigenvalue weighted by Gasteiger charge is -2.18. The molecule has 0 bridgehead atoms. The molecule has 0 aliphatic carbocycles. The van der Waals surface area contributed by atoms with E-state index in [1.165, 1.54) is 0 Å². The molecule has 0 radical (unpaired) electrons. The molecular formula is C8H16O3. The van der Waals surface area contributed by atoms with Crippen LogP contribution < -0.4 is 0 Å². The van der Waals surface area contributed by atoms with Gasteiger partial charge in [-0.15, -0.1) is 0 Å². The normalized spacial score (nSPS) is 44.7. The van der Waals surface area contributed by atoms with Crippen LogP contribution in [-0.4, -0.2) is 38.6 Å². The van der Waals surface area contributed by atoms with Gasteiger partial charge in [-0.05, 0) is 13.8 Å². The van der Waals surface area contributed by atoms with Crippen molar-refractivity contribution in [3.8, 4) is 0 Å². The minimum absolute atomic E-state index is 0.0787. The fraction of sp³-hybridized carbons (Fsp3) is 1.00. The number of hydrogen-bond acceptors (Lipinski definition) is 3. The van der Waals surface area contributed by atoms with E-state index >= 15 is 0 Å². The molecule has 3 heteroatoms. The quantitative estimate of drug-likeness (QED) is 0.598. The Morgan fingerprint density at radius 1 is 0.909 bits per heavy atom. The summed E-state index contributed by atoms with van der Waals surface area (Å²) in [4.78, 5) is 0. The van der Waals surface area contributed by atoms with Crippen molar-refractivity contribution in [1.29, 1.82) is 0 Å². The fourth-order valence-electron chi connectivity index (χ4n) is 1.68. The van der Waals surface area contributed by atoms with Gasteiger partial charge >= 0.3 is 0 Å². The Labute approximate surface area is 67.6 Å². The molecule has 1 aliphatic heterocycles. The van der Waals surface area contributed by atoms with Gasteiger partial charge < -0.3 is 14.2 Å². The SMILES string of the molecule is COC1C(C)O[C@H](C)C1OC. The molecular weight excluding hydrogens is 144 g/mol. The van der Waals surface area contributed by atoms with Gasteiger partial charge in [0, 0.05) is 14.2 Å². The highest BCUT2D eigenvalue weighted by Crippen LogP contribution is 2.24. The van der Waals surface area contributed by atoms with Crippen molar-refractivity contribution >= 4 is 0 Å². The standard InChI is InChI=1S/C8H16O3/c1-5-7(9-3)8(10-4)6(2)11-5/h5-8H,1-4H3/t5-,6?,7?,8?/m1/s1. The zero-order valence-corrected chi connectivity index (χ0v) is 7.53. The van der Waals surface area contributed by atoms with Crippen LogP contribution in [0.1, 0.15) is 13.8 Å². The van der Waals surface area contributed by atoms with Crippen molar-refractivity contribution in [2.24, 2.45) is 0 Å². The Bertz CT molecular complexity index is 113. The fourth-order valence-corrected chi connectivity index (χ4v) is 1.68. The summed E-state index contributed by atoms with van der Waals surface area (Å²) in [7, 11) is 3.38. The Balaban J connectivity index is 2.59. The Morgan fingerprint density at radius 3 is 1.55 bits per heavy atom. The van der Waals surface area contributed by atoms with E-state index in [-0.39, 0.29) is 24.4 Å². The summed E-state index contributed by atoms with van der Waals surface area (Å²) in [5.74, 6) is 0. The average Bonchev–Trinajstić information content (AvgIpc) is 2.24. The molecule has 3 nitrogen and oxygen atoms in total. The van der Waals surface area contributed by atoms with E-state index < -0.39 is 0 Å². The molecule has 0 spiro atoms. The van der Waals surface area contributed by atoms with Crippen molar-refractivity contribution in [2.45, 2.75) is 38.3 Å². The van der Waals surface area contributed by atoms with Crippen molar-refractivity contribution < 1.29 is 14.2 Å². The predicted octanol–water partition coefficient (Wildman–Crippen LogP) is 0.824. The van der Waals surface area contributed by atoms with Gasteiger partial charge in [-0.1, -0.05) is 0 Å². The molecule has 4 atom stereocenters. The number of rotatable bonds is 2. The van der Waals surface area contributed by atoms with Crippen molar-refractivity contribution in [3.63, 3.8) is 0 Å². The summed E-state index contributed by atoms with van der Waals surface area (Å²) in [6, 6.07) is 0. The minimum Gasteiger partial charge on any atom is -0.376 e. The highest BCUT2D eigenvalue weighted by atomic mass is 16.6. The zero-order valence-electron chi connectivity index (χ0n) is 7.53. The van der Waals surface area contributed by atoms with Gasteiger partial charge in [-0.2, -0.15) is 0 Å². The van der Waals surface area contributed by atoms with Crippen molar-refractivity contribution in [1.82, 2.24) is 0 Å². The van der Waals surface area contributed by atoms with E-state index in [4.69, 9.17) is 14.2 Å². The molecule has 1 saturated heterocycles. The van der Waals surface area contributed by atoms with Gasteiger partial charge in [-0.3, -0.25) is 0 Å². The molecule has 11 heavy (non-hydrogen) atoms. The lowest BCUT2D eigenvalue weighted by Crippen LogP contribution is -2.34. The lowest BCUT2D eigenvalue weighted by atomic mass is 10.1. The second-order valence-corrected chi connectivity index (χ2v) is 2.95. The maximum atomic E-state index is 5.52. The largest absolute Gasteiger partial charge is 0.376 e. The monoisotopic (exact) mass is 160 g/mol. The third-order valence-corrected chi connectivity index (χ3v) is 2.22. The van der Waals surface area contributed by atoms with Crippen LogP contribution in [0.5, 0.6) is 0 Å². The Kier molecular flexibility index (Phi) is 2.87. The maximum Gasteiger partial charge on any atom is 0.112 e. The molecule has 0 aromatic carbocycles. The molecule has 0 aromatic rings. The molecule has 1 heterocycles. The first-order chi connectivity index (χ1) is 5.20. The van der Waals surface area contributed by atoms with Crippen LogP contribution in [0.15, 0.2) is 0 Å². The van der Waals surface area contributed by atoms with E-state index in [0.717, 1.165) is 0 Å². The second-order valence-electron chi connectivity index (χ2n) is 2.95. The van der Waals surface area contributed by atoms with E-state index in [2.05, 4.69) is 0 Å². The first-order valence-electron chi connectivity index (χ1n) is 3.91. The lowest BCUT2D eigenvalue weighted by molar-refractivity contribution is -0.0244. The first kappa shape index (κ1) is 8.97. The van der Waals surface area contributed by atoms with Gasteiger partial charge in [0.1, 0.15) is 12.2 Å². The molecule has 0 N–H and O–H groups in total. The highest BCUT2D eigenvalue weighted by Gasteiger charge is 2.40. The summed E-state index contributed by atoms with van der Waals surface area (Å²) in [5, 5.41) is 0. The number of methoxy groups -OCH3 is 2. The molecule has 0 saturated carbocycles. The van der Waals surface area contributed by atoms with Crippen LogP contribution >= 0.6 is 0 Å². The van der Waals surface area contributed by atoms with Gasteiger partial charge in [0.15, 0.2) is 0 Å². The van der Waals surface area contributed by atoms with Gasteiger partial charge in [-0.25, -0.2) is 0 Å². The smallest absolute Gasteiger partial charge is 0.112 e. The van der Waals surface area contributed by atoms with Gasteiger partial charge in [0.25, 0.3) is 0 Å². The van der Waals surface area contributed by atoms with Crippen LogP contribution in [0.2, 0.25) is 0 Å². The average molecular weight is 160 g/mol. The predicted molar refractivity (Wildman–Crippen MR) is 41.6 cm³/mol. The van der Waals surface area contributed by atoms with Crippen LogP contribution in [0.3, 0.4) is 0 Å². The maximum absolute atomic E-state index is 5.52. The van der Waals surface area contributed by atoms with E-state index in [0.29, 0.717) is 0 Å². The highest BCUT2D eigenvalue weighted by molar-refractivity contribution is 4.88. The molecule has 66 valence electrons. The topological polar surface area (TPSA) is 27.7 Å².